The van der Waals surface area contributed by atoms with Gasteiger partial charge in [-0.1, -0.05) is 45.4 Å². The normalized spacial score (nSPS) is 11.8. The van der Waals surface area contributed by atoms with Crippen molar-refractivity contribution < 1.29 is 22.8 Å². The molecule has 0 heterocycles. The molecule has 146 valence electrons. The lowest BCUT2D eigenvalue weighted by Crippen LogP contribution is -2.45. The van der Waals surface area contributed by atoms with Crippen molar-refractivity contribution in [1.29, 1.82) is 0 Å². The first-order chi connectivity index (χ1) is 11.9. The number of benzene rings is 1. The molecule has 0 spiro atoms. The molecule has 1 aromatic carbocycles. The van der Waals surface area contributed by atoms with Gasteiger partial charge in [-0.2, -0.15) is 13.2 Å². The van der Waals surface area contributed by atoms with Crippen LogP contribution in [0.5, 0.6) is 0 Å². The molecule has 1 rings (SSSR count). The van der Waals surface area contributed by atoms with Crippen molar-refractivity contribution in [1.82, 2.24) is 10.2 Å². The molecule has 0 bridgehead atoms. The number of hydrogen-bond donors (Lipinski definition) is 1. The third-order valence-electron chi connectivity index (χ3n) is 3.44. The van der Waals surface area contributed by atoms with E-state index in [2.05, 4.69) is 5.32 Å². The molecule has 0 unspecified atom stereocenters. The molecule has 2 amide bonds. The number of carbonyl (C=O) groups excluding carboxylic acids is 2. The van der Waals surface area contributed by atoms with Gasteiger partial charge in [0.2, 0.25) is 0 Å². The molecule has 0 saturated carbocycles. The van der Waals surface area contributed by atoms with E-state index >= 15 is 0 Å². The van der Waals surface area contributed by atoms with Crippen LogP contribution >= 0.6 is 11.6 Å². The number of amides is 2. The van der Waals surface area contributed by atoms with Gasteiger partial charge < -0.3 is 10.2 Å². The van der Waals surface area contributed by atoms with Gasteiger partial charge in [0.1, 0.15) is 0 Å². The highest BCUT2D eigenvalue weighted by atomic mass is 35.5. The zero-order valence-electron chi connectivity index (χ0n) is 15.3. The summed E-state index contributed by atoms with van der Waals surface area (Å²) in [6.45, 7) is 8.42. The summed E-state index contributed by atoms with van der Waals surface area (Å²) in [4.78, 5) is 25.9. The van der Waals surface area contributed by atoms with Crippen molar-refractivity contribution in [2.75, 3.05) is 13.1 Å². The lowest BCUT2D eigenvalue weighted by atomic mass is 10.1. The Bertz CT molecular complexity index is 636. The van der Waals surface area contributed by atoms with Crippen LogP contribution in [0.1, 0.15) is 38.8 Å². The molecule has 0 aliphatic rings. The Kier molecular flexibility index (Phi) is 7.93. The minimum Gasteiger partial charge on any atom is -0.344 e. The largest absolute Gasteiger partial charge is 0.417 e. The Morgan fingerprint density at radius 1 is 1.12 bits per heavy atom. The number of alkyl halides is 3. The molecule has 0 radical (unpaired) electrons. The van der Waals surface area contributed by atoms with Crippen molar-refractivity contribution >= 4 is 23.4 Å². The standard InChI is InChI=1S/C18H24ClF3N2O2/c1-11(2)9-24(10-12(3)4)17(26)16(25)23-8-13-5-6-15(19)14(7-13)18(20,21)22/h5-7,11-12H,8-10H2,1-4H3,(H,23,25). The summed E-state index contributed by atoms with van der Waals surface area (Å²) in [7, 11) is 0. The number of nitrogens with zero attached hydrogens (tertiary/aromatic N) is 1. The SMILES string of the molecule is CC(C)CN(CC(C)C)C(=O)C(=O)NCc1ccc(Cl)c(C(F)(F)F)c1. The number of halogens is 4. The topological polar surface area (TPSA) is 49.4 Å². The first-order valence-corrected chi connectivity index (χ1v) is 8.72. The van der Waals surface area contributed by atoms with E-state index in [1.807, 2.05) is 27.7 Å². The van der Waals surface area contributed by atoms with Crippen LogP contribution in [-0.2, 0) is 22.3 Å². The minimum absolute atomic E-state index is 0.191. The van der Waals surface area contributed by atoms with Crippen LogP contribution in [0, 0.1) is 11.8 Å². The van der Waals surface area contributed by atoms with Crippen LogP contribution in [0.25, 0.3) is 0 Å². The maximum absolute atomic E-state index is 12.9. The fourth-order valence-electron chi connectivity index (χ4n) is 2.42. The summed E-state index contributed by atoms with van der Waals surface area (Å²) in [6.07, 6.45) is -4.59. The maximum atomic E-state index is 12.9. The lowest BCUT2D eigenvalue weighted by Gasteiger charge is -2.25. The molecule has 1 N–H and O–H groups in total. The van der Waals surface area contributed by atoms with Crippen molar-refractivity contribution in [3.05, 3.63) is 34.3 Å². The van der Waals surface area contributed by atoms with Gasteiger partial charge in [0.25, 0.3) is 0 Å². The van der Waals surface area contributed by atoms with E-state index in [0.29, 0.717) is 13.1 Å². The molecule has 0 aliphatic heterocycles. The Balaban J connectivity index is 2.80. The second-order valence-electron chi connectivity index (χ2n) is 6.99. The van der Waals surface area contributed by atoms with Gasteiger partial charge >= 0.3 is 18.0 Å². The van der Waals surface area contributed by atoms with Crippen molar-refractivity contribution in [3.8, 4) is 0 Å². The summed E-state index contributed by atoms with van der Waals surface area (Å²) >= 11 is 5.56. The zero-order chi connectivity index (χ0) is 20.1. The molecule has 0 aromatic heterocycles. The summed E-state index contributed by atoms with van der Waals surface area (Å²) < 4.78 is 38.6. The van der Waals surface area contributed by atoms with E-state index in [-0.39, 0.29) is 23.9 Å². The molecular weight excluding hydrogens is 369 g/mol. The lowest BCUT2D eigenvalue weighted by molar-refractivity contribution is -0.146. The van der Waals surface area contributed by atoms with E-state index in [4.69, 9.17) is 11.6 Å². The smallest absolute Gasteiger partial charge is 0.344 e. The fraction of sp³-hybridized carbons (Fsp3) is 0.556. The van der Waals surface area contributed by atoms with E-state index in [1.54, 1.807) is 0 Å². The monoisotopic (exact) mass is 392 g/mol. The highest BCUT2D eigenvalue weighted by molar-refractivity contribution is 6.35. The van der Waals surface area contributed by atoms with Gasteiger partial charge in [-0.15, -0.1) is 0 Å². The Morgan fingerprint density at radius 3 is 2.12 bits per heavy atom. The third kappa shape index (κ3) is 6.86. The van der Waals surface area contributed by atoms with Crippen LogP contribution < -0.4 is 5.32 Å². The van der Waals surface area contributed by atoms with Crippen molar-refractivity contribution in [2.24, 2.45) is 11.8 Å². The van der Waals surface area contributed by atoms with Crippen LogP contribution in [0.4, 0.5) is 13.2 Å². The first kappa shape index (κ1) is 22.3. The molecule has 26 heavy (non-hydrogen) atoms. The van der Waals surface area contributed by atoms with Crippen LogP contribution in [0.2, 0.25) is 5.02 Å². The van der Waals surface area contributed by atoms with Crippen molar-refractivity contribution in [3.63, 3.8) is 0 Å². The summed E-state index contributed by atoms with van der Waals surface area (Å²) in [5.74, 6) is -1.14. The summed E-state index contributed by atoms with van der Waals surface area (Å²) in [5.41, 5.74) is -0.763. The van der Waals surface area contributed by atoms with Gasteiger partial charge in [0.05, 0.1) is 10.6 Å². The average molecular weight is 393 g/mol. The molecule has 1 aromatic rings. The minimum atomic E-state index is -4.59. The van der Waals surface area contributed by atoms with E-state index in [9.17, 15) is 22.8 Å². The van der Waals surface area contributed by atoms with Crippen molar-refractivity contribution in [2.45, 2.75) is 40.4 Å². The van der Waals surface area contributed by atoms with E-state index < -0.39 is 28.6 Å². The average Bonchev–Trinajstić information content (AvgIpc) is 2.50. The highest BCUT2D eigenvalue weighted by Crippen LogP contribution is 2.35. The molecule has 0 saturated heterocycles. The van der Waals surface area contributed by atoms with E-state index in [1.165, 1.54) is 11.0 Å². The van der Waals surface area contributed by atoms with Crippen LogP contribution in [-0.4, -0.2) is 29.8 Å². The molecule has 0 fully saturated rings. The quantitative estimate of drug-likeness (QED) is 0.740. The highest BCUT2D eigenvalue weighted by Gasteiger charge is 2.33. The maximum Gasteiger partial charge on any atom is 0.417 e. The Morgan fingerprint density at radius 2 is 1.65 bits per heavy atom. The second kappa shape index (κ2) is 9.26. The van der Waals surface area contributed by atoms with Gasteiger partial charge in [-0.05, 0) is 29.5 Å². The number of hydrogen-bond acceptors (Lipinski definition) is 2. The van der Waals surface area contributed by atoms with Gasteiger partial charge in [-0.25, -0.2) is 0 Å². The molecule has 0 aliphatic carbocycles. The number of carbonyl (C=O) groups is 2. The van der Waals surface area contributed by atoms with Gasteiger partial charge in [0.15, 0.2) is 0 Å². The van der Waals surface area contributed by atoms with Gasteiger partial charge in [0, 0.05) is 19.6 Å². The first-order valence-electron chi connectivity index (χ1n) is 8.34. The molecular formula is C18H24ClF3N2O2. The molecule has 8 heteroatoms. The van der Waals surface area contributed by atoms with Crippen LogP contribution in [0.15, 0.2) is 18.2 Å². The van der Waals surface area contributed by atoms with Gasteiger partial charge in [-0.3, -0.25) is 9.59 Å². The predicted octanol–water partition coefficient (Wildman–Crippen LogP) is 4.12. The third-order valence-corrected chi connectivity index (χ3v) is 3.77. The van der Waals surface area contributed by atoms with E-state index in [0.717, 1.165) is 12.1 Å². The molecule has 0 atom stereocenters. The Hall–Kier alpha value is -1.76. The summed E-state index contributed by atoms with van der Waals surface area (Å²) in [5, 5.41) is 1.97. The number of rotatable bonds is 6. The summed E-state index contributed by atoms with van der Waals surface area (Å²) in [6, 6.07) is 3.37. The van der Waals surface area contributed by atoms with Crippen LogP contribution in [0.3, 0.4) is 0 Å². The second-order valence-corrected chi connectivity index (χ2v) is 7.40. The predicted molar refractivity (Wildman–Crippen MR) is 94.6 cm³/mol. The Labute approximate surface area is 156 Å². The zero-order valence-corrected chi connectivity index (χ0v) is 16.0. The molecule has 4 nitrogen and oxygen atoms in total. The number of nitrogens with one attached hydrogen (secondary N) is 1. The fourth-order valence-corrected chi connectivity index (χ4v) is 2.65.